The molecule has 0 radical (unpaired) electrons. The quantitative estimate of drug-likeness (QED) is 0.599. The second-order valence-electron chi connectivity index (χ2n) is 8.32. The van der Waals surface area contributed by atoms with Crippen molar-refractivity contribution in [3.63, 3.8) is 0 Å². The summed E-state index contributed by atoms with van der Waals surface area (Å²) in [4.78, 5) is 14.0. The standard InChI is InChI=1S/C22H27NO3S2/c1-6-21(2,3)22(4,5)16-12-13-19-18(14-16)20(24)23(28(19,25)26)15-27-17-10-8-7-9-11-17/h7-14H,6,15H2,1-5H3. The Balaban J connectivity index is 1.94. The fourth-order valence-corrected chi connectivity index (χ4v) is 5.95. The van der Waals surface area contributed by atoms with Crippen LogP contribution >= 0.6 is 11.8 Å². The first-order valence-electron chi connectivity index (χ1n) is 9.42. The van der Waals surface area contributed by atoms with Crippen molar-refractivity contribution >= 4 is 27.7 Å². The molecule has 2 aromatic carbocycles. The van der Waals surface area contributed by atoms with Crippen molar-refractivity contribution in [3.8, 4) is 0 Å². The molecular weight excluding hydrogens is 390 g/mol. The lowest BCUT2D eigenvalue weighted by Crippen LogP contribution is -2.36. The molecule has 150 valence electrons. The summed E-state index contributed by atoms with van der Waals surface area (Å²) < 4.78 is 26.8. The van der Waals surface area contributed by atoms with Crippen LogP contribution in [-0.2, 0) is 15.4 Å². The Hall–Kier alpha value is -1.79. The monoisotopic (exact) mass is 417 g/mol. The summed E-state index contributed by atoms with van der Waals surface area (Å²) in [6.45, 7) is 10.8. The Morgan fingerprint density at radius 1 is 1.00 bits per heavy atom. The predicted molar refractivity (Wildman–Crippen MR) is 114 cm³/mol. The molecule has 3 rings (SSSR count). The van der Waals surface area contributed by atoms with Crippen LogP contribution in [0.25, 0.3) is 0 Å². The van der Waals surface area contributed by atoms with Crippen molar-refractivity contribution in [2.45, 2.75) is 56.2 Å². The molecule has 4 nitrogen and oxygen atoms in total. The van der Waals surface area contributed by atoms with Crippen molar-refractivity contribution < 1.29 is 13.2 Å². The molecule has 0 spiro atoms. The maximum absolute atomic E-state index is 13.0. The minimum absolute atomic E-state index is 0.00458. The molecule has 6 heteroatoms. The topological polar surface area (TPSA) is 54.5 Å². The van der Waals surface area contributed by atoms with E-state index >= 15 is 0 Å². The van der Waals surface area contributed by atoms with E-state index in [-0.39, 0.29) is 27.2 Å². The maximum atomic E-state index is 13.0. The lowest BCUT2D eigenvalue weighted by atomic mass is 9.63. The molecule has 1 aliphatic heterocycles. The Labute approximate surface area is 172 Å². The van der Waals surface area contributed by atoms with Gasteiger partial charge in [-0.15, -0.1) is 11.8 Å². The molecule has 2 aromatic rings. The molecule has 0 bridgehead atoms. The number of rotatable bonds is 6. The number of carbonyl (C=O) groups excluding carboxylic acids is 1. The van der Waals surface area contributed by atoms with Gasteiger partial charge in [0.1, 0.15) is 4.90 Å². The van der Waals surface area contributed by atoms with Crippen molar-refractivity contribution in [1.82, 2.24) is 4.31 Å². The number of hydrogen-bond donors (Lipinski definition) is 0. The third kappa shape index (κ3) is 3.37. The van der Waals surface area contributed by atoms with Gasteiger partial charge in [-0.1, -0.05) is 65.3 Å². The summed E-state index contributed by atoms with van der Waals surface area (Å²) in [6, 6.07) is 14.7. The van der Waals surface area contributed by atoms with Crippen LogP contribution in [0.5, 0.6) is 0 Å². The van der Waals surface area contributed by atoms with Gasteiger partial charge in [-0.05, 0) is 40.7 Å². The van der Waals surface area contributed by atoms with E-state index in [0.29, 0.717) is 0 Å². The molecule has 0 saturated carbocycles. The van der Waals surface area contributed by atoms with Crippen LogP contribution in [0, 0.1) is 5.41 Å². The highest BCUT2D eigenvalue weighted by Crippen LogP contribution is 2.45. The lowest BCUT2D eigenvalue weighted by Gasteiger charge is -2.42. The van der Waals surface area contributed by atoms with Crippen LogP contribution in [-0.4, -0.2) is 24.5 Å². The van der Waals surface area contributed by atoms with Gasteiger partial charge >= 0.3 is 0 Å². The summed E-state index contributed by atoms with van der Waals surface area (Å²) in [5.74, 6) is -0.371. The predicted octanol–water partition coefficient (Wildman–Crippen LogP) is 5.29. The normalized spacial score (nSPS) is 16.3. The first-order chi connectivity index (χ1) is 13.0. The van der Waals surface area contributed by atoms with E-state index in [0.717, 1.165) is 21.2 Å². The van der Waals surface area contributed by atoms with Crippen LogP contribution in [0.4, 0.5) is 0 Å². The fourth-order valence-electron chi connectivity index (χ4n) is 3.28. The van der Waals surface area contributed by atoms with Crippen LogP contribution in [0.3, 0.4) is 0 Å². The minimum Gasteiger partial charge on any atom is -0.268 e. The van der Waals surface area contributed by atoms with Gasteiger partial charge in [0, 0.05) is 4.90 Å². The highest BCUT2D eigenvalue weighted by molar-refractivity contribution is 8.00. The molecule has 1 heterocycles. The lowest BCUT2D eigenvalue weighted by molar-refractivity contribution is 0.0886. The van der Waals surface area contributed by atoms with E-state index in [9.17, 15) is 13.2 Å². The van der Waals surface area contributed by atoms with Crippen molar-refractivity contribution in [3.05, 3.63) is 59.7 Å². The molecule has 0 atom stereocenters. The number of thioether (sulfide) groups is 1. The molecule has 0 aliphatic carbocycles. The van der Waals surface area contributed by atoms with Gasteiger partial charge in [-0.2, -0.15) is 0 Å². The molecule has 0 saturated heterocycles. The fraction of sp³-hybridized carbons (Fsp3) is 0.409. The van der Waals surface area contributed by atoms with Gasteiger partial charge in [0.2, 0.25) is 0 Å². The highest BCUT2D eigenvalue weighted by Gasteiger charge is 2.43. The number of benzene rings is 2. The number of nitrogens with zero attached hydrogens (tertiary/aromatic N) is 1. The number of carbonyl (C=O) groups is 1. The summed E-state index contributed by atoms with van der Waals surface area (Å²) in [5, 5.41) is 0. The van der Waals surface area contributed by atoms with Crippen LogP contribution in [0.1, 0.15) is 57.0 Å². The molecule has 0 fully saturated rings. The molecule has 0 aromatic heterocycles. The van der Waals surface area contributed by atoms with Crippen molar-refractivity contribution in [1.29, 1.82) is 0 Å². The van der Waals surface area contributed by atoms with Gasteiger partial charge in [0.25, 0.3) is 15.9 Å². The van der Waals surface area contributed by atoms with E-state index in [1.165, 1.54) is 11.8 Å². The van der Waals surface area contributed by atoms with Crippen molar-refractivity contribution in [2.75, 3.05) is 5.88 Å². The van der Waals surface area contributed by atoms with E-state index in [1.54, 1.807) is 12.1 Å². The first kappa shape index (κ1) is 20.9. The number of hydrogen-bond acceptors (Lipinski definition) is 4. The van der Waals surface area contributed by atoms with E-state index in [4.69, 9.17) is 0 Å². The Morgan fingerprint density at radius 2 is 1.64 bits per heavy atom. The second kappa shape index (κ2) is 7.23. The number of sulfonamides is 1. The van der Waals surface area contributed by atoms with Crippen molar-refractivity contribution in [2.24, 2.45) is 5.41 Å². The van der Waals surface area contributed by atoms with Crippen LogP contribution in [0.15, 0.2) is 58.3 Å². The van der Waals surface area contributed by atoms with Crippen LogP contribution < -0.4 is 0 Å². The average molecular weight is 418 g/mol. The average Bonchev–Trinajstić information content (AvgIpc) is 2.86. The van der Waals surface area contributed by atoms with E-state index < -0.39 is 15.9 Å². The Kier molecular flexibility index (Phi) is 5.40. The molecule has 1 aliphatic rings. The summed E-state index contributed by atoms with van der Waals surface area (Å²) in [6.07, 6.45) is 0.975. The Morgan fingerprint density at radius 3 is 2.25 bits per heavy atom. The van der Waals surface area contributed by atoms with Gasteiger partial charge in [0.15, 0.2) is 0 Å². The molecule has 1 amide bonds. The van der Waals surface area contributed by atoms with E-state index in [1.807, 2.05) is 36.4 Å². The van der Waals surface area contributed by atoms with Gasteiger partial charge < -0.3 is 0 Å². The first-order valence-corrected chi connectivity index (χ1v) is 11.8. The second-order valence-corrected chi connectivity index (χ2v) is 11.2. The summed E-state index contributed by atoms with van der Waals surface area (Å²) >= 11 is 1.34. The molecule has 0 N–H and O–H groups in total. The highest BCUT2D eigenvalue weighted by atomic mass is 32.2. The number of amides is 1. The van der Waals surface area contributed by atoms with E-state index in [2.05, 4.69) is 34.6 Å². The summed E-state index contributed by atoms with van der Waals surface area (Å²) in [5.41, 5.74) is 1.07. The Bertz CT molecular complexity index is 996. The largest absolute Gasteiger partial charge is 0.269 e. The zero-order valence-electron chi connectivity index (χ0n) is 17.0. The minimum atomic E-state index is -3.81. The van der Waals surface area contributed by atoms with Gasteiger partial charge in [-0.25, -0.2) is 12.7 Å². The zero-order chi connectivity index (χ0) is 20.7. The zero-order valence-corrected chi connectivity index (χ0v) is 18.7. The smallest absolute Gasteiger partial charge is 0.268 e. The maximum Gasteiger partial charge on any atom is 0.269 e. The molecular formula is C22H27NO3S2. The summed E-state index contributed by atoms with van der Waals surface area (Å²) in [7, 11) is -3.81. The third-order valence-corrected chi connectivity index (χ3v) is 9.34. The number of fused-ring (bicyclic) bond motifs is 1. The van der Waals surface area contributed by atoms with Gasteiger partial charge in [-0.3, -0.25) is 4.79 Å². The van der Waals surface area contributed by atoms with Crippen LogP contribution in [0.2, 0.25) is 0 Å². The third-order valence-electron chi connectivity index (χ3n) is 6.39. The SMILES string of the molecule is CCC(C)(C)C(C)(C)c1ccc2c(c1)C(=O)N(CSc1ccccc1)S2(=O)=O. The molecule has 0 unspecified atom stereocenters. The van der Waals surface area contributed by atoms with Gasteiger partial charge in [0.05, 0.1) is 11.4 Å². The molecule has 28 heavy (non-hydrogen) atoms.